The lowest BCUT2D eigenvalue weighted by Crippen LogP contribution is -2.30. The molecule has 1 atom stereocenters. The van der Waals surface area contributed by atoms with E-state index in [1.54, 1.807) is 0 Å². The number of allylic oxidation sites excluding steroid dienone is 22. The molecule has 0 aliphatic carbocycles. The molecular formula is C76H126O6. The molecule has 466 valence electrons. The molecule has 0 radical (unpaired) electrons. The second-order valence-corrected chi connectivity index (χ2v) is 22.4. The van der Waals surface area contributed by atoms with Gasteiger partial charge in [-0.1, -0.05) is 302 Å². The Morgan fingerprint density at radius 1 is 0.256 bits per heavy atom. The summed E-state index contributed by atoms with van der Waals surface area (Å²) < 4.78 is 16.9. The number of esters is 3. The van der Waals surface area contributed by atoms with Crippen molar-refractivity contribution in [2.75, 3.05) is 13.2 Å². The third kappa shape index (κ3) is 66.4. The molecule has 0 rings (SSSR count). The van der Waals surface area contributed by atoms with Crippen LogP contribution in [0.25, 0.3) is 0 Å². The van der Waals surface area contributed by atoms with Crippen molar-refractivity contribution in [1.82, 2.24) is 0 Å². The van der Waals surface area contributed by atoms with Crippen LogP contribution < -0.4 is 0 Å². The highest BCUT2D eigenvalue weighted by Crippen LogP contribution is 2.16. The first-order chi connectivity index (χ1) is 40.5. The Balaban J connectivity index is 4.44. The molecule has 0 heterocycles. The quantitative estimate of drug-likeness (QED) is 0.0261. The van der Waals surface area contributed by atoms with Gasteiger partial charge in [0, 0.05) is 19.3 Å². The zero-order valence-electron chi connectivity index (χ0n) is 53.5. The van der Waals surface area contributed by atoms with Crippen molar-refractivity contribution in [1.29, 1.82) is 0 Å². The van der Waals surface area contributed by atoms with Gasteiger partial charge in [-0.15, -0.1) is 0 Å². The first kappa shape index (κ1) is 77.5. The van der Waals surface area contributed by atoms with E-state index in [0.717, 1.165) is 148 Å². The number of rotatable bonds is 61. The zero-order chi connectivity index (χ0) is 59.2. The van der Waals surface area contributed by atoms with Crippen molar-refractivity contribution in [2.45, 2.75) is 316 Å². The van der Waals surface area contributed by atoms with Crippen LogP contribution >= 0.6 is 0 Å². The van der Waals surface area contributed by atoms with Crippen LogP contribution in [-0.4, -0.2) is 37.2 Å². The minimum absolute atomic E-state index is 0.0925. The highest BCUT2D eigenvalue weighted by molar-refractivity contribution is 5.71. The molecule has 0 saturated carbocycles. The van der Waals surface area contributed by atoms with Crippen LogP contribution in [0, 0.1) is 0 Å². The second kappa shape index (κ2) is 69.0. The standard InChI is InChI=1S/C76H126O6/c1-4-7-10-13-16-19-22-25-28-31-33-34-35-36-37-38-39-40-41-42-44-45-48-51-54-57-60-63-66-69-75(78)81-72-73(71-80-74(77)68-65-62-59-56-53-50-47-30-27-24-21-18-15-12-9-6-3)82-76(79)70-67-64-61-58-55-52-49-46-43-32-29-26-23-20-17-14-11-8-5-2/h7,10,16-17,19-20,25-26,28-29,33-34,36-37,39-40,42-44,46,48,51,73H,4-6,8-9,11-15,18,21-24,27,30-32,35,38,41,45,47,49-50,52-72H2,1-3H3/b10-7-,19-16-,20-17-,28-25-,29-26-,34-33-,37-36-,40-39-,44-42-,46-43-,51-48-. The van der Waals surface area contributed by atoms with Crippen molar-refractivity contribution in [3.05, 3.63) is 134 Å². The Labute approximate surface area is 506 Å². The van der Waals surface area contributed by atoms with Gasteiger partial charge in [0.1, 0.15) is 13.2 Å². The highest BCUT2D eigenvalue weighted by Gasteiger charge is 2.19. The second-order valence-electron chi connectivity index (χ2n) is 22.4. The lowest BCUT2D eigenvalue weighted by Gasteiger charge is -2.18. The first-order valence-corrected chi connectivity index (χ1v) is 34.2. The maximum Gasteiger partial charge on any atom is 0.306 e. The average Bonchev–Trinajstić information content (AvgIpc) is 3.47. The van der Waals surface area contributed by atoms with Gasteiger partial charge in [-0.25, -0.2) is 0 Å². The minimum Gasteiger partial charge on any atom is -0.462 e. The molecule has 0 amide bonds. The van der Waals surface area contributed by atoms with Gasteiger partial charge in [-0.2, -0.15) is 0 Å². The minimum atomic E-state index is -0.801. The normalized spacial score (nSPS) is 13.0. The average molecular weight is 1140 g/mol. The van der Waals surface area contributed by atoms with E-state index >= 15 is 0 Å². The Bertz CT molecular complexity index is 1730. The molecule has 0 spiro atoms. The first-order valence-electron chi connectivity index (χ1n) is 34.2. The van der Waals surface area contributed by atoms with Gasteiger partial charge in [-0.3, -0.25) is 14.4 Å². The summed E-state index contributed by atoms with van der Waals surface area (Å²) >= 11 is 0. The maximum atomic E-state index is 12.9. The summed E-state index contributed by atoms with van der Waals surface area (Å²) in [6.45, 7) is 6.49. The van der Waals surface area contributed by atoms with Crippen molar-refractivity contribution < 1.29 is 28.6 Å². The molecule has 0 aromatic heterocycles. The molecule has 0 N–H and O–H groups in total. The maximum absolute atomic E-state index is 12.9. The van der Waals surface area contributed by atoms with E-state index in [1.807, 2.05) is 0 Å². The highest BCUT2D eigenvalue weighted by atomic mass is 16.6. The molecule has 0 bridgehead atoms. The van der Waals surface area contributed by atoms with Crippen molar-refractivity contribution >= 4 is 17.9 Å². The largest absolute Gasteiger partial charge is 0.462 e. The van der Waals surface area contributed by atoms with Crippen LogP contribution in [0.15, 0.2) is 134 Å². The fourth-order valence-corrected chi connectivity index (χ4v) is 9.29. The number of hydrogen-bond acceptors (Lipinski definition) is 6. The number of ether oxygens (including phenoxy) is 3. The van der Waals surface area contributed by atoms with Gasteiger partial charge in [0.25, 0.3) is 0 Å². The van der Waals surface area contributed by atoms with E-state index in [-0.39, 0.29) is 31.1 Å². The molecule has 82 heavy (non-hydrogen) atoms. The number of carbonyl (C=O) groups excluding carboxylic acids is 3. The summed E-state index contributed by atoms with van der Waals surface area (Å²) in [5.41, 5.74) is 0. The van der Waals surface area contributed by atoms with Crippen LogP contribution in [0.2, 0.25) is 0 Å². The van der Waals surface area contributed by atoms with Gasteiger partial charge in [0.15, 0.2) is 6.10 Å². The molecule has 0 fully saturated rings. The molecule has 0 aliphatic heterocycles. The number of hydrogen-bond donors (Lipinski definition) is 0. The van der Waals surface area contributed by atoms with Crippen LogP contribution in [0.5, 0.6) is 0 Å². The molecule has 0 aromatic carbocycles. The predicted octanol–water partition coefficient (Wildman–Crippen LogP) is 23.7. The summed E-state index contributed by atoms with van der Waals surface area (Å²) in [5.74, 6) is -0.923. The van der Waals surface area contributed by atoms with Gasteiger partial charge >= 0.3 is 17.9 Å². The van der Waals surface area contributed by atoms with Gasteiger partial charge in [0.2, 0.25) is 0 Å². The summed E-state index contributed by atoms with van der Waals surface area (Å²) in [4.78, 5) is 38.4. The number of carbonyl (C=O) groups is 3. The Morgan fingerprint density at radius 3 is 0.768 bits per heavy atom. The fraction of sp³-hybridized carbons (Fsp3) is 0.671. The van der Waals surface area contributed by atoms with E-state index in [4.69, 9.17) is 14.2 Å². The van der Waals surface area contributed by atoms with E-state index in [9.17, 15) is 14.4 Å². The fourth-order valence-electron chi connectivity index (χ4n) is 9.29. The Hall–Kier alpha value is -4.45. The monoisotopic (exact) mass is 1130 g/mol. The topological polar surface area (TPSA) is 78.9 Å². The van der Waals surface area contributed by atoms with E-state index < -0.39 is 6.10 Å². The molecule has 6 heteroatoms. The van der Waals surface area contributed by atoms with Crippen molar-refractivity contribution in [3.8, 4) is 0 Å². The molecule has 1 unspecified atom stereocenters. The van der Waals surface area contributed by atoms with Gasteiger partial charge in [0.05, 0.1) is 0 Å². The number of unbranched alkanes of at least 4 members (excludes halogenated alkanes) is 28. The van der Waals surface area contributed by atoms with Crippen molar-refractivity contribution in [3.63, 3.8) is 0 Å². The summed E-state index contributed by atoms with van der Waals surface area (Å²) in [5, 5.41) is 0. The molecule has 6 nitrogen and oxygen atoms in total. The van der Waals surface area contributed by atoms with E-state index in [0.29, 0.717) is 19.3 Å². The van der Waals surface area contributed by atoms with E-state index in [1.165, 1.54) is 122 Å². The molecule has 0 aromatic rings. The van der Waals surface area contributed by atoms with E-state index in [2.05, 4.69) is 154 Å². The third-order valence-electron chi connectivity index (χ3n) is 14.4. The van der Waals surface area contributed by atoms with Gasteiger partial charge < -0.3 is 14.2 Å². The van der Waals surface area contributed by atoms with Crippen LogP contribution in [0.3, 0.4) is 0 Å². The van der Waals surface area contributed by atoms with Crippen molar-refractivity contribution in [2.24, 2.45) is 0 Å². The zero-order valence-corrected chi connectivity index (χ0v) is 53.5. The summed E-state index contributed by atoms with van der Waals surface area (Å²) in [7, 11) is 0. The van der Waals surface area contributed by atoms with Gasteiger partial charge in [-0.05, 0) is 122 Å². The lowest BCUT2D eigenvalue weighted by molar-refractivity contribution is -0.167. The molecular weight excluding hydrogens is 1010 g/mol. The lowest BCUT2D eigenvalue weighted by atomic mass is 10.0. The summed E-state index contributed by atoms with van der Waals surface area (Å²) in [6.07, 6.45) is 97.4. The Morgan fingerprint density at radius 2 is 0.476 bits per heavy atom. The van der Waals surface area contributed by atoms with Crippen LogP contribution in [0.1, 0.15) is 310 Å². The molecule has 0 aliphatic rings. The van der Waals surface area contributed by atoms with Crippen LogP contribution in [-0.2, 0) is 28.6 Å². The molecule has 0 saturated heterocycles. The Kier molecular flexibility index (Phi) is 65.3. The SMILES string of the molecule is CC/C=C\C/C=C\C/C=C\C/C=C\C/C=C\C/C=C\C/C=C\C/C=C\CCCCCCC(=O)OCC(COC(=O)CCCCCCCCCCCCCCCCCC)OC(=O)CCCCCCCC/C=C\C/C=C\C/C=C\CCCCC. The van der Waals surface area contributed by atoms with Crippen LogP contribution in [0.4, 0.5) is 0 Å². The third-order valence-corrected chi connectivity index (χ3v) is 14.4. The summed E-state index contributed by atoms with van der Waals surface area (Å²) in [6, 6.07) is 0. The smallest absolute Gasteiger partial charge is 0.306 e. The predicted molar refractivity (Wildman–Crippen MR) is 357 cm³/mol.